The number of nitrogens with zero attached hydrogens (tertiary/aromatic N) is 2. The van der Waals surface area contributed by atoms with Crippen molar-refractivity contribution >= 4 is 21.7 Å². The van der Waals surface area contributed by atoms with Crippen molar-refractivity contribution in [3.8, 4) is 0 Å². The summed E-state index contributed by atoms with van der Waals surface area (Å²) in [7, 11) is 2.05. The molecule has 3 nitrogen and oxygen atoms in total. The highest BCUT2D eigenvalue weighted by molar-refractivity contribution is 9.10. The van der Waals surface area contributed by atoms with Gasteiger partial charge in [-0.2, -0.15) is 0 Å². The molecule has 0 saturated heterocycles. The molecule has 2 rings (SSSR count). The van der Waals surface area contributed by atoms with E-state index >= 15 is 0 Å². The van der Waals surface area contributed by atoms with Gasteiger partial charge in [0.1, 0.15) is 5.82 Å². The smallest absolute Gasteiger partial charge is 0.128 e. The van der Waals surface area contributed by atoms with Crippen molar-refractivity contribution in [1.29, 1.82) is 0 Å². The van der Waals surface area contributed by atoms with E-state index in [1.165, 1.54) is 11.1 Å². The van der Waals surface area contributed by atoms with Crippen molar-refractivity contribution in [3.05, 3.63) is 58.2 Å². The topological polar surface area (TPSA) is 42.1 Å². The maximum atomic E-state index is 5.79. The first-order valence-electron chi connectivity index (χ1n) is 6.70. The molecule has 0 amide bonds. The van der Waals surface area contributed by atoms with Crippen LogP contribution in [-0.4, -0.2) is 18.1 Å². The Morgan fingerprint density at radius 2 is 1.80 bits per heavy atom. The molecule has 1 heterocycles. The number of nitrogens with two attached hydrogens (primary N) is 1. The molecule has 4 heteroatoms. The van der Waals surface area contributed by atoms with Crippen LogP contribution in [0.4, 0.5) is 5.82 Å². The van der Waals surface area contributed by atoms with E-state index in [9.17, 15) is 0 Å². The average molecular weight is 334 g/mol. The molecule has 20 heavy (non-hydrogen) atoms. The van der Waals surface area contributed by atoms with E-state index in [1.807, 2.05) is 13.1 Å². The maximum Gasteiger partial charge on any atom is 0.128 e. The van der Waals surface area contributed by atoms with Crippen molar-refractivity contribution in [2.24, 2.45) is 5.73 Å². The van der Waals surface area contributed by atoms with Gasteiger partial charge in [0.25, 0.3) is 0 Å². The number of hydrogen-bond acceptors (Lipinski definition) is 3. The van der Waals surface area contributed by atoms with Crippen LogP contribution in [0.1, 0.15) is 18.1 Å². The minimum absolute atomic E-state index is 0.170. The lowest BCUT2D eigenvalue weighted by atomic mass is 10.1. The Bertz CT molecular complexity index is 535. The average Bonchev–Trinajstić information content (AvgIpc) is 2.41. The maximum absolute atomic E-state index is 5.79. The number of hydrogen-bond donors (Lipinski definition) is 1. The Hall–Kier alpha value is -1.39. The fraction of sp³-hybridized carbons (Fsp3) is 0.312. The van der Waals surface area contributed by atoms with Gasteiger partial charge in [-0.25, -0.2) is 4.98 Å². The van der Waals surface area contributed by atoms with Gasteiger partial charge in [0, 0.05) is 30.3 Å². The second kappa shape index (κ2) is 6.86. The third-order valence-electron chi connectivity index (χ3n) is 3.09. The van der Waals surface area contributed by atoms with Gasteiger partial charge in [-0.1, -0.05) is 34.1 Å². The lowest BCUT2D eigenvalue weighted by molar-refractivity contribution is 0.735. The first-order valence-corrected chi connectivity index (χ1v) is 7.50. The summed E-state index contributed by atoms with van der Waals surface area (Å²) in [6.07, 6.45) is 2.78. The van der Waals surface area contributed by atoms with Crippen LogP contribution in [0, 0.1) is 0 Å². The second-order valence-corrected chi connectivity index (χ2v) is 6.10. The minimum atomic E-state index is 0.170. The minimum Gasteiger partial charge on any atom is -0.355 e. The number of aromatic nitrogens is 1. The van der Waals surface area contributed by atoms with Gasteiger partial charge in [0.2, 0.25) is 0 Å². The summed E-state index contributed by atoms with van der Waals surface area (Å²) in [6, 6.07) is 12.7. The molecule has 1 aromatic carbocycles. The van der Waals surface area contributed by atoms with E-state index in [1.54, 1.807) is 0 Å². The van der Waals surface area contributed by atoms with Crippen LogP contribution in [0.15, 0.2) is 47.1 Å². The molecule has 0 aliphatic rings. The lowest BCUT2D eigenvalue weighted by Crippen LogP contribution is -2.19. The van der Waals surface area contributed by atoms with Crippen molar-refractivity contribution in [3.63, 3.8) is 0 Å². The summed E-state index contributed by atoms with van der Waals surface area (Å²) < 4.78 is 1.10. The molecule has 2 N–H and O–H groups in total. The van der Waals surface area contributed by atoms with Crippen LogP contribution in [0.5, 0.6) is 0 Å². The van der Waals surface area contributed by atoms with Crippen LogP contribution in [0.2, 0.25) is 0 Å². The Balaban J connectivity index is 2.01. The number of halogens is 1. The Labute approximate surface area is 129 Å². The zero-order chi connectivity index (χ0) is 14.5. The Kier molecular flexibility index (Phi) is 5.15. The molecule has 0 saturated carbocycles. The summed E-state index contributed by atoms with van der Waals surface area (Å²) in [4.78, 5) is 6.64. The first-order chi connectivity index (χ1) is 9.54. The van der Waals surface area contributed by atoms with Crippen molar-refractivity contribution in [2.45, 2.75) is 25.9 Å². The normalized spacial score (nSPS) is 12.2. The van der Waals surface area contributed by atoms with Crippen molar-refractivity contribution in [1.82, 2.24) is 4.98 Å². The first kappa shape index (κ1) is 15.0. The molecular weight excluding hydrogens is 314 g/mol. The summed E-state index contributed by atoms with van der Waals surface area (Å²) >= 11 is 3.45. The van der Waals surface area contributed by atoms with E-state index in [4.69, 9.17) is 5.73 Å². The van der Waals surface area contributed by atoms with Crippen LogP contribution < -0.4 is 10.6 Å². The zero-order valence-electron chi connectivity index (χ0n) is 11.9. The van der Waals surface area contributed by atoms with Crippen LogP contribution in [0.3, 0.4) is 0 Å². The molecule has 1 atom stereocenters. The van der Waals surface area contributed by atoms with Crippen LogP contribution in [0.25, 0.3) is 0 Å². The molecule has 0 aliphatic heterocycles. The highest BCUT2D eigenvalue weighted by Crippen LogP contribution is 2.16. The fourth-order valence-electron chi connectivity index (χ4n) is 2.08. The molecule has 1 unspecified atom stereocenters. The molecule has 0 radical (unpaired) electrons. The molecule has 0 spiro atoms. The molecule has 0 aliphatic carbocycles. The monoisotopic (exact) mass is 333 g/mol. The van der Waals surface area contributed by atoms with Crippen molar-refractivity contribution in [2.75, 3.05) is 11.9 Å². The predicted molar refractivity (Wildman–Crippen MR) is 87.8 cm³/mol. The molecule has 0 bridgehead atoms. The molecule has 1 aromatic heterocycles. The third-order valence-corrected chi connectivity index (χ3v) is 3.62. The largest absolute Gasteiger partial charge is 0.355 e. The quantitative estimate of drug-likeness (QED) is 0.912. The van der Waals surface area contributed by atoms with E-state index in [2.05, 4.69) is 69.3 Å². The van der Waals surface area contributed by atoms with Crippen molar-refractivity contribution < 1.29 is 0 Å². The van der Waals surface area contributed by atoms with E-state index in [-0.39, 0.29) is 6.04 Å². The molecule has 0 fully saturated rings. The van der Waals surface area contributed by atoms with E-state index in [0.717, 1.165) is 23.3 Å². The molecule has 106 valence electrons. The van der Waals surface area contributed by atoms with Gasteiger partial charge < -0.3 is 10.6 Å². The van der Waals surface area contributed by atoms with Gasteiger partial charge in [0.05, 0.1) is 0 Å². The summed E-state index contributed by atoms with van der Waals surface area (Å²) in [5.74, 6) is 0.973. The highest BCUT2D eigenvalue weighted by atomic mass is 79.9. The summed E-state index contributed by atoms with van der Waals surface area (Å²) in [6.45, 7) is 2.85. The lowest BCUT2D eigenvalue weighted by Gasteiger charge is -2.18. The molecule has 2 aromatic rings. The number of benzene rings is 1. The van der Waals surface area contributed by atoms with Gasteiger partial charge in [-0.15, -0.1) is 0 Å². The second-order valence-electron chi connectivity index (χ2n) is 5.19. The SMILES string of the molecule is CC(N)Cc1ccc(N(C)Cc2ccc(Br)cc2)nc1. The zero-order valence-corrected chi connectivity index (χ0v) is 13.5. The van der Waals surface area contributed by atoms with Gasteiger partial charge in [-0.3, -0.25) is 0 Å². The van der Waals surface area contributed by atoms with Gasteiger partial charge in [0.15, 0.2) is 0 Å². The summed E-state index contributed by atoms with van der Waals surface area (Å²) in [5.41, 5.74) is 8.24. The number of anilines is 1. The predicted octanol–water partition coefficient (Wildman–Crippen LogP) is 3.37. The van der Waals surface area contributed by atoms with Gasteiger partial charge >= 0.3 is 0 Å². The van der Waals surface area contributed by atoms with Gasteiger partial charge in [-0.05, 0) is 42.7 Å². The summed E-state index contributed by atoms with van der Waals surface area (Å²) in [5, 5.41) is 0. The highest BCUT2D eigenvalue weighted by Gasteiger charge is 2.05. The Morgan fingerprint density at radius 1 is 1.15 bits per heavy atom. The van der Waals surface area contributed by atoms with E-state index < -0.39 is 0 Å². The Morgan fingerprint density at radius 3 is 2.35 bits per heavy atom. The third kappa shape index (κ3) is 4.32. The fourth-order valence-corrected chi connectivity index (χ4v) is 2.34. The van der Waals surface area contributed by atoms with Crippen LogP contribution in [-0.2, 0) is 13.0 Å². The number of rotatable bonds is 5. The standard InChI is InChI=1S/C16H20BrN3/c1-12(18)9-14-5-8-16(19-10-14)20(2)11-13-3-6-15(17)7-4-13/h3-8,10,12H,9,11,18H2,1-2H3. The van der Waals surface area contributed by atoms with Crippen LogP contribution >= 0.6 is 15.9 Å². The van der Waals surface area contributed by atoms with E-state index in [0.29, 0.717) is 0 Å². The molecular formula is C16H20BrN3. The number of pyridine rings is 1.